The third-order valence-corrected chi connectivity index (χ3v) is 4.42. The Kier molecular flexibility index (Phi) is 4.44. The summed E-state index contributed by atoms with van der Waals surface area (Å²) in [4.78, 5) is 16.4. The van der Waals surface area contributed by atoms with Crippen molar-refractivity contribution >= 4 is 22.9 Å². The van der Waals surface area contributed by atoms with E-state index in [4.69, 9.17) is 0 Å². The lowest BCUT2D eigenvalue weighted by molar-refractivity contribution is -0.141. The highest BCUT2D eigenvalue weighted by atomic mass is 32.2. The van der Waals surface area contributed by atoms with Crippen LogP contribution in [0.1, 0.15) is 0 Å². The highest BCUT2D eigenvalue weighted by Crippen LogP contribution is 2.31. The van der Waals surface area contributed by atoms with E-state index in [1.165, 1.54) is 24.8 Å². The summed E-state index contributed by atoms with van der Waals surface area (Å²) < 4.78 is 40.3. The SMILES string of the molecule is FC(F)(F)Cn1c(Sc2ccc3nccnc3n2)nnc1-c1ccncc1. The van der Waals surface area contributed by atoms with Crippen LogP contribution < -0.4 is 0 Å². The molecule has 4 heterocycles. The molecule has 0 fully saturated rings. The monoisotopic (exact) mass is 389 g/mol. The second-order valence-electron chi connectivity index (χ2n) is 5.39. The molecule has 0 radical (unpaired) electrons. The fraction of sp³-hybridized carbons (Fsp3) is 0.125. The van der Waals surface area contributed by atoms with Crippen LogP contribution in [0.2, 0.25) is 0 Å². The molecular formula is C16H10F3N7S. The van der Waals surface area contributed by atoms with Gasteiger partial charge in [0.15, 0.2) is 16.6 Å². The molecule has 0 aliphatic rings. The average molecular weight is 389 g/mol. The number of fused-ring (bicyclic) bond motifs is 1. The van der Waals surface area contributed by atoms with E-state index >= 15 is 0 Å². The highest BCUT2D eigenvalue weighted by Gasteiger charge is 2.31. The van der Waals surface area contributed by atoms with Gasteiger partial charge in [0.25, 0.3) is 0 Å². The highest BCUT2D eigenvalue weighted by molar-refractivity contribution is 7.99. The van der Waals surface area contributed by atoms with Crippen molar-refractivity contribution in [2.45, 2.75) is 22.9 Å². The van der Waals surface area contributed by atoms with Gasteiger partial charge in [0.2, 0.25) is 0 Å². The molecule has 27 heavy (non-hydrogen) atoms. The molecule has 0 spiro atoms. The minimum Gasteiger partial charge on any atom is -0.293 e. The van der Waals surface area contributed by atoms with Crippen molar-refractivity contribution in [1.82, 2.24) is 34.7 Å². The van der Waals surface area contributed by atoms with Crippen LogP contribution in [0.3, 0.4) is 0 Å². The van der Waals surface area contributed by atoms with Crippen molar-refractivity contribution in [1.29, 1.82) is 0 Å². The largest absolute Gasteiger partial charge is 0.406 e. The van der Waals surface area contributed by atoms with Gasteiger partial charge < -0.3 is 0 Å². The summed E-state index contributed by atoms with van der Waals surface area (Å²) in [6.45, 7) is -1.21. The van der Waals surface area contributed by atoms with Crippen LogP contribution in [0.25, 0.3) is 22.6 Å². The second-order valence-corrected chi connectivity index (χ2v) is 6.38. The van der Waals surface area contributed by atoms with Gasteiger partial charge in [0.05, 0.1) is 0 Å². The lowest BCUT2D eigenvalue weighted by Crippen LogP contribution is -2.19. The summed E-state index contributed by atoms with van der Waals surface area (Å²) in [7, 11) is 0. The van der Waals surface area contributed by atoms with Crippen molar-refractivity contribution in [2.75, 3.05) is 0 Å². The average Bonchev–Trinajstić information content (AvgIpc) is 3.03. The van der Waals surface area contributed by atoms with Gasteiger partial charge in [-0.15, -0.1) is 10.2 Å². The van der Waals surface area contributed by atoms with Crippen molar-refractivity contribution in [3.63, 3.8) is 0 Å². The number of rotatable bonds is 4. The van der Waals surface area contributed by atoms with Crippen LogP contribution in [0.5, 0.6) is 0 Å². The molecule has 0 bridgehead atoms. The summed E-state index contributed by atoms with van der Waals surface area (Å²) >= 11 is 0.980. The molecule has 0 saturated heterocycles. The van der Waals surface area contributed by atoms with Crippen LogP contribution in [0, 0.1) is 0 Å². The van der Waals surface area contributed by atoms with Gasteiger partial charge in [0, 0.05) is 30.4 Å². The van der Waals surface area contributed by atoms with Crippen LogP contribution in [-0.4, -0.2) is 40.9 Å². The molecule has 136 valence electrons. The van der Waals surface area contributed by atoms with Crippen molar-refractivity contribution in [3.8, 4) is 11.4 Å². The Morgan fingerprint density at radius 1 is 0.926 bits per heavy atom. The van der Waals surface area contributed by atoms with Gasteiger partial charge >= 0.3 is 6.18 Å². The van der Waals surface area contributed by atoms with E-state index in [0.717, 1.165) is 16.3 Å². The van der Waals surface area contributed by atoms with Crippen LogP contribution in [0.15, 0.2) is 59.2 Å². The summed E-state index contributed by atoms with van der Waals surface area (Å²) in [6, 6.07) is 6.51. The first-order valence-corrected chi connectivity index (χ1v) is 8.47. The lowest BCUT2D eigenvalue weighted by Gasteiger charge is -2.12. The first kappa shape index (κ1) is 17.3. The number of hydrogen-bond acceptors (Lipinski definition) is 7. The molecule has 11 heteroatoms. The van der Waals surface area contributed by atoms with Gasteiger partial charge in [0.1, 0.15) is 17.1 Å². The number of alkyl halides is 3. The Hall–Kier alpha value is -3.08. The standard InChI is InChI=1S/C16H10F3N7S/c17-16(18,19)9-26-14(10-3-5-20-6-4-10)24-25-15(26)27-12-2-1-11-13(23-12)22-8-7-21-11/h1-8H,9H2. The zero-order valence-electron chi connectivity index (χ0n) is 13.5. The summed E-state index contributed by atoms with van der Waals surface area (Å²) in [5.41, 5.74) is 1.49. The quantitative estimate of drug-likeness (QED) is 0.529. The minimum atomic E-state index is -4.43. The molecule has 0 unspecified atom stereocenters. The molecule has 7 nitrogen and oxygen atoms in total. The Morgan fingerprint density at radius 3 is 2.48 bits per heavy atom. The molecule has 4 aromatic rings. The number of aromatic nitrogens is 7. The maximum absolute atomic E-state index is 13.1. The minimum absolute atomic E-state index is 0.0786. The van der Waals surface area contributed by atoms with Gasteiger partial charge in [-0.1, -0.05) is 0 Å². The van der Waals surface area contributed by atoms with E-state index in [9.17, 15) is 13.2 Å². The third kappa shape index (κ3) is 3.87. The Labute approximate surface area is 154 Å². The Morgan fingerprint density at radius 2 is 1.70 bits per heavy atom. The Balaban J connectivity index is 1.74. The number of nitrogens with zero attached hydrogens (tertiary/aromatic N) is 7. The zero-order chi connectivity index (χ0) is 18.9. The van der Waals surface area contributed by atoms with E-state index in [1.54, 1.807) is 24.3 Å². The lowest BCUT2D eigenvalue weighted by atomic mass is 10.2. The molecule has 0 atom stereocenters. The predicted octanol–water partition coefficient (Wildman–Crippen LogP) is 3.39. The summed E-state index contributed by atoms with van der Waals surface area (Å²) in [5, 5.41) is 8.39. The van der Waals surface area contributed by atoms with Crippen molar-refractivity contribution in [3.05, 3.63) is 49.1 Å². The first-order valence-electron chi connectivity index (χ1n) is 7.65. The fourth-order valence-corrected chi connectivity index (χ4v) is 3.19. The van der Waals surface area contributed by atoms with E-state index in [2.05, 4.69) is 30.1 Å². The number of pyridine rings is 2. The normalized spacial score (nSPS) is 11.8. The molecule has 0 aliphatic carbocycles. The molecule has 0 aromatic carbocycles. The van der Waals surface area contributed by atoms with Crippen LogP contribution >= 0.6 is 11.8 Å². The van der Waals surface area contributed by atoms with Gasteiger partial charge in [-0.2, -0.15) is 13.2 Å². The molecule has 0 aliphatic heterocycles. The van der Waals surface area contributed by atoms with Gasteiger partial charge in [-0.05, 0) is 36.0 Å². The van der Waals surface area contributed by atoms with E-state index < -0.39 is 12.7 Å². The van der Waals surface area contributed by atoms with Crippen molar-refractivity contribution < 1.29 is 13.2 Å². The Bertz CT molecular complexity index is 1080. The molecule has 0 amide bonds. The van der Waals surface area contributed by atoms with Crippen LogP contribution in [-0.2, 0) is 6.54 Å². The third-order valence-electron chi connectivity index (χ3n) is 3.49. The fourth-order valence-electron chi connectivity index (χ4n) is 2.39. The number of hydrogen-bond donors (Lipinski definition) is 0. The summed E-state index contributed by atoms with van der Waals surface area (Å²) in [6.07, 6.45) is 1.58. The zero-order valence-corrected chi connectivity index (χ0v) is 14.3. The number of halogens is 3. The van der Waals surface area contributed by atoms with E-state index in [0.29, 0.717) is 21.8 Å². The van der Waals surface area contributed by atoms with Crippen LogP contribution in [0.4, 0.5) is 13.2 Å². The van der Waals surface area contributed by atoms with E-state index in [1.807, 2.05) is 0 Å². The van der Waals surface area contributed by atoms with Crippen molar-refractivity contribution in [2.24, 2.45) is 0 Å². The van der Waals surface area contributed by atoms with Gasteiger partial charge in [-0.3, -0.25) is 14.5 Å². The molecule has 4 aromatic heterocycles. The second kappa shape index (κ2) is 6.91. The molecule has 4 rings (SSSR count). The van der Waals surface area contributed by atoms with Gasteiger partial charge in [-0.25, -0.2) is 9.97 Å². The maximum atomic E-state index is 13.1. The first-order chi connectivity index (χ1) is 13.0. The maximum Gasteiger partial charge on any atom is 0.406 e. The predicted molar refractivity (Wildman–Crippen MR) is 90.8 cm³/mol. The topological polar surface area (TPSA) is 82.3 Å². The smallest absolute Gasteiger partial charge is 0.293 e. The summed E-state index contributed by atoms with van der Waals surface area (Å²) in [5.74, 6) is 0.109. The van der Waals surface area contributed by atoms with E-state index in [-0.39, 0.29) is 11.0 Å². The molecule has 0 N–H and O–H groups in total. The molecule has 0 saturated carbocycles. The molecular weight excluding hydrogens is 379 g/mol.